The summed E-state index contributed by atoms with van der Waals surface area (Å²) in [6.45, 7) is 5.25. The zero-order chi connectivity index (χ0) is 15.6. The van der Waals surface area contributed by atoms with Crippen LogP contribution in [0.2, 0.25) is 0 Å². The molecule has 0 saturated carbocycles. The second kappa shape index (κ2) is 6.34. The van der Waals surface area contributed by atoms with Crippen molar-refractivity contribution in [2.45, 2.75) is 39.2 Å². The van der Waals surface area contributed by atoms with Crippen molar-refractivity contribution in [1.82, 2.24) is 10.2 Å². The molecule has 6 nitrogen and oxygen atoms in total. The van der Waals surface area contributed by atoms with E-state index in [1.54, 1.807) is 4.90 Å². The van der Waals surface area contributed by atoms with Gasteiger partial charge in [-0.2, -0.15) is 0 Å². The molecule has 2 heterocycles. The van der Waals surface area contributed by atoms with Crippen molar-refractivity contribution >= 4 is 21.7 Å². The Hall–Kier alpha value is -1.11. The van der Waals surface area contributed by atoms with Crippen molar-refractivity contribution in [1.29, 1.82) is 0 Å². The van der Waals surface area contributed by atoms with Crippen molar-refractivity contribution in [2.24, 2.45) is 11.8 Å². The molecule has 0 spiro atoms. The first-order valence-corrected chi connectivity index (χ1v) is 9.37. The minimum atomic E-state index is -2.92. The monoisotopic (exact) mass is 316 g/mol. The molecule has 1 unspecified atom stereocenters. The van der Waals surface area contributed by atoms with Crippen LogP contribution in [0.15, 0.2) is 0 Å². The highest BCUT2D eigenvalue weighted by Crippen LogP contribution is 2.20. The molecular weight excluding hydrogens is 292 g/mol. The minimum absolute atomic E-state index is 0.0371. The number of sulfone groups is 1. The van der Waals surface area contributed by atoms with Crippen LogP contribution in [0.4, 0.5) is 0 Å². The zero-order valence-electron chi connectivity index (χ0n) is 12.7. The average molecular weight is 316 g/mol. The quantitative estimate of drug-likeness (QED) is 0.802. The lowest BCUT2D eigenvalue weighted by molar-refractivity contribution is -0.129. The summed E-state index contributed by atoms with van der Waals surface area (Å²) in [5.74, 6) is 0.297. The van der Waals surface area contributed by atoms with E-state index in [4.69, 9.17) is 0 Å². The largest absolute Gasteiger partial charge is 0.353 e. The van der Waals surface area contributed by atoms with Crippen LogP contribution in [0, 0.1) is 11.8 Å². The molecule has 2 rings (SSSR count). The number of amides is 2. The van der Waals surface area contributed by atoms with Crippen molar-refractivity contribution in [3.63, 3.8) is 0 Å². The van der Waals surface area contributed by atoms with Gasteiger partial charge in [-0.1, -0.05) is 13.8 Å². The maximum Gasteiger partial charge on any atom is 0.225 e. The van der Waals surface area contributed by atoms with Crippen LogP contribution in [-0.4, -0.2) is 55.8 Å². The molecule has 120 valence electrons. The number of nitrogens with one attached hydrogen (secondary N) is 1. The highest BCUT2D eigenvalue weighted by Gasteiger charge is 2.35. The molecule has 0 aromatic heterocycles. The third-order valence-electron chi connectivity index (χ3n) is 4.07. The maximum absolute atomic E-state index is 12.2. The van der Waals surface area contributed by atoms with Gasteiger partial charge in [0.05, 0.1) is 17.4 Å². The van der Waals surface area contributed by atoms with E-state index in [-0.39, 0.29) is 41.7 Å². The SMILES string of the molecule is CC(C)CN1CC(C(=O)NC2CCS(=O)(=O)CC2)CC1=O. The molecule has 0 aliphatic carbocycles. The summed E-state index contributed by atoms with van der Waals surface area (Å²) < 4.78 is 22.7. The predicted octanol–water partition coefficient (Wildman–Crippen LogP) is 0.184. The van der Waals surface area contributed by atoms with E-state index >= 15 is 0 Å². The van der Waals surface area contributed by atoms with Gasteiger partial charge in [-0.25, -0.2) is 8.42 Å². The number of likely N-dealkylation sites (tertiary alicyclic amines) is 1. The number of hydrogen-bond donors (Lipinski definition) is 1. The van der Waals surface area contributed by atoms with Crippen LogP contribution in [0.3, 0.4) is 0 Å². The molecule has 0 aromatic carbocycles. The van der Waals surface area contributed by atoms with Gasteiger partial charge in [0, 0.05) is 25.6 Å². The van der Waals surface area contributed by atoms with Gasteiger partial charge in [-0.15, -0.1) is 0 Å². The fourth-order valence-corrected chi connectivity index (χ4v) is 4.41. The highest BCUT2D eigenvalue weighted by atomic mass is 32.2. The Morgan fingerprint density at radius 1 is 1.33 bits per heavy atom. The second-order valence-corrected chi connectivity index (χ2v) is 8.83. The first kappa shape index (κ1) is 16.3. The van der Waals surface area contributed by atoms with Crippen LogP contribution in [-0.2, 0) is 19.4 Å². The normalized spacial score (nSPS) is 26.3. The lowest BCUT2D eigenvalue weighted by Gasteiger charge is -2.24. The van der Waals surface area contributed by atoms with Gasteiger partial charge >= 0.3 is 0 Å². The van der Waals surface area contributed by atoms with E-state index < -0.39 is 9.84 Å². The zero-order valence-corrected chi connectivity index (χ0v) is 13.5. The lowest BCUT2D eigenvalue weighted by Crippen LogP contribution is -2.44. The average Bonchev–Trinajstić information content (AvgIpc) is 2.73. The van der Waals surface area contributed by atoms with Gasteiger partial charge < -0.3 is 10.2 Å². The first-order valence-electron chi connectivity index (χ1n) is 7.55. The van der Waals surface area contributed by atoms with Crippen LogP contribution in [0.25, 0.3) is 0 Å². The highest BCUT2D eigenvalue weighted by molar-refractivity contribution is 7.91. The minimum Gasteiger partial charge on any atom is -0.353 e. The Bertz CT molecular complexity index is 501. The molecule has 21 heavy (non-hydrogen) atoms. The van der Waals surface area contributed by atoms with E-state index in [9.17, 15) is 18.0 Å². The van der Waals surface area contributed by atoms with Crippen LogP contribution < -0.4 is 5.32 Å². The Morgan fingerprint density at radius 2 is 1.95 bits per heavy atom. The van der Waals surface area contributed by atoms with Gasteiger partial charge in [0.1, 0.15) is 9.84 Å². The summed E-state index contributed by atoms with van der Waals surface area (Å²) in [6, 6.07) is -0.0738. The summed E-state index contributed by atoms with van der Waals surface area (Å²) in [7, 11) is -2.92. The van der Waals surface area contributed by atoms with Gasteiger partial charge in [-0.3, -0.25) is 9.59 Å². The van der Waals surface area contributed by atoms with Crippen molar-refractivity contribution in [2.75, 3.05) is 24.6 Å². The third kappa shape index (κ3) is 4.43. The summed E-state index contributed by atoms with van der Waals surface area (Å²) >= 11 is 0. The molecule has 0 radical (unpaired) electrons. The number of carbonyl (C=O) groups is 2. The standard InChI is InChI=1S/C14H24N2O4S/c1-10(2)8-16-9-11(7-13(16)17)14(18)15-12-3-5-21(19,20)6-4-12/h10-12H,3-9H2,1-2H3,(H,15,18). The number of hydrogen-bond acceptors (Lipinski definition) is 4. The molecule has 2 fully saturated rings. The number of rotatable bonds is 4. The summed E-state index contributed by atoms with van der Waals surface area (Å²) in [5.41, 5.74) is 0. The van der Waals surface area contributed by atoms with E-state index in [0.717, 1.165) is 0 Å². The fraction of sp³-hybridized carbons (Fsp3) is 0.857. The Morgan fingerprint density at radius 3 is 2.52 bits per heavy atom. The van der Waals surface area contributed by atoms with Gasteiger partial charge in [0.25, 0.3) is 0 Å². The maximum atomic E-state index is 12.2. The van der Waals surface area contributed by atoms with Crippen molar-refractivity contribution in [3.05, 3.63) is 0 Å². The van der Waals surface area contributed by atoms with E-state index in [1.807, 2.05) is 13.8 Å². The molecule has 1 N–H and O–H groups in total. The first-order chi connectivity index (χ1) is 9.77. The summed E-state index contributed by atoms with van der Waals surface area (Å²) in [6.07, 6.45) is 1.22. The van der Waals surface area contributed by atoms with E-state index in [2.05, 4.69) is 5.32 Å². The molecule has 1 atom stereocenters. The van der Waals surface area contributed by atoms with Crippen LogP contribution in [0.1, 0.15) is 33.1 Å². The molecule has 2 aliphatic heterocycles. The Balaban J connectivity index is 1.83. The van der Waals surface area contributed by atoms with Gasteiger partial charge in [-0.05, 0) is 18.8 Å². The van der Waals surface area contributed by atoms with Crippen LogP contribution >= 0.6 is 0 Å². The second-order valence-electron chi connectivity index (χ2n) is 6.53. The van der Waals surface area contributed by atoms with E-state index in [1.165, 1.54) is 0 Å². The molecule has 0 bridgehead atoms. The smallest absolute Gasteiger partial charge is 0.225 e. The molecule has 0 aromatic rings. The Kier molecular flexibility index (Phi) is 4.91. The lowest BCUT2D eigenvalue weighted by atomic mass is 10.1. The topological polar surface area (TPSA) is 83.6 Å². The van der Waals surface area contributed by atoms with Crippen molar-refractivity contribution < 1.29 is 18.0 Å². The summed E-state index contributed by atoms with van der Waals surface area (Å²) in [4.78, 5) is 25.8. The number of nitrogens with zero attached hydrogens (tertiary/aromatic N) is 1. The number of carbonyl (C=O) groups excluding carboxylic acids is 2. The Labute approximate surface area is 126 Å². The third-order valence-corrected chi connectivity index (χ3v) is 5.79. The molecule has 2 saturated heterocycles. The van der Waals surface area contributed by atoms with Crippen molar-refractivity contribution in [3.8, 4) is 0 Å². The molecule has 2 aliphatic rings. The van der Waals surface area contributed by atoms with Crippen LogP contribution in [0.5, 0.6) is 0 Å². The summed E-state index contributed by atoms with van der Waals surface area (Å²) in [5, 5.41) is 2.91. The van der Waals surface area contributed by atoms with E-state index in [0.29, 0.717) is 31.8 Å². The van der Waals surface area contributed by atoms with Gasteiger partial charge in [0.15, 0.2) is 0 Å². The molecule has 7 heteroatoms. The molecular formula is C14H24N2O4S. The predicted molar refractivity (Wildman–Crippen MR) is 79.3 cm³/mol. The van der Waals surface area contributed by atoms with Gasteiger partial charge in [0.2, 0.25) is 11.8 Å². The fourth-order valence-electron chi connectivity index (χ4n) is 2.92. The molecule has 2 amide bonds.